The van der Waals surface area contributed by atoms with Gasteiger partial charge in [-0.2, -0.15) is 0 Å². The summed E-state index contributed by atoms with van der Waals surface area (Å²) in [4.78, 5) is 0. The van der Waals surface area contributed by atoms with E-state index in [9.17, 15) is 0 Å². The van der Waals surface area contributed by atoms with Crippen molar-refractivity contribution in [2.45, 2.75) is 6.92 Å². The maximum absolute atomic E-state index is 3.43. The number of benzene rings is 2. The summed E-state index contributed by atoms with van der Waals surface area (Å²) in [6.45, 7) is 2.11. The second-order valence-electron chi connectivity index (χ2n) is 3.25. The molecule has 0 aromatic heterocycles. The molecule has 0 spiro atoms. The molecule has 0 bridgehead atoms. The summed E-state index contributed by atoms with van der Waals surface area (Å²) in [7, 11) is 0. The van der Waals surface area contributed by atoms with Gasteiger partial charge < -0.3 is 0 Å². The quantitative estimate of drug-likeness (QED) is 0.706. The summed E-state index contributed by atoms with van der Waals surface area (Å²) in [6, 6.07) is 17.5. The zero-order chi connectivity index (χ0) is 9.97. The van der Waals surface area contributed by atoms with Crippen LogP contribution in [-0.4, -0.2) is 0 Å². The van der Waals surface area contributed by atoms with E-state index >= 15 is 0 Å². The van der Waals surface area contributed by atoms with Crippen LogP contribution in [0.4, 0.5) is 0 Å². The van der Waals surface area contributed by atoms with E-state index in [1.807, 2.05) is 12.1 Å². The minimum absolute atomic E-state index is 1.11. The second-order valence-corrected chi connectivity index (χ2v) is 4.16. The largest absolute Gasteiger partial charge is 0.0537 e. The molecule has 0 N–H and O–H groups in total. The lowest BCUT2D eigenvalue weighted by Crippen LogP contribution is -1.81. The molecule has 0 heterocycles. The van der Waals surface area contributed by atoms with Gasteiger partial charge in [0, 0.05) is 4.47 Å². The third-order valence-electron chi connectivity index (χ3n) is 2.23. The molecule has 2 aromatic rings. The Kier molecular flexibility index (Phi) is 2.69. The normalized spacial score (nSPS) is 10.1. The zero-order valence-electron chi connectivity index (χ0n) is 7.92. The van der Waals surface area contributed by atoms with Gasteiger partial charge in [-0.25, -0.2) is 0 Å². The summed E-state index contributed by atoms with van der Waals surface area (Å²) < 4.78 is 1.11. The summed E-state index contributed by atoms with van der Waals surface area (Å²) in [5.74, 6) is 0. The van der Waals surface area contributed by atoms with Crippen molar-refractivity contribution >= 4 is 15.9 Å². The summed E-state index contributed by atoms with van der Waals surface area (Å²) in [6.07, 6.45) is 0. The molecule has 0 saturated heterocycles. The molecule has 0 atom stereocenters. The van der Waals surface area contributed by atoms with Gasteiger partial charge in [0.15, 0.2) is 0 Å². The predicted octanol–water partition coefficient (Wildman–Crippen LogP) is 4.22. The molecule has 0 nitrogen and oxygen atoms in total. The molecule has 0 fully saturated rings. The van der Waals surface area contributed by atoms with E-state index in [4.69, 9.17) is 0 Å². The molecular formula is C13H10Br. The van der Waals surface area contributed by atoms with Crippen molar-refractivity contribution in [3.8, 4) is 11.1 Å². The van der Waals surface area contributed by atoms with Crippen molar-refractivity contribution in [2.24, 2.45) is 0 Å². The van der Waals surface area contributed by atoms with Crippen molar-refractivity contribution < 1.29 is 0 Å². The number of aryl methyl sites for hydroxylation is 1. The van der Waals surface area contributed by atoms with Crippen LogP contribution < -0.4 is 0 Å². The van der Waals surface area contributed by atoms with Crippen LogP contribution in [0.1, 0.15) is 5.56 Å². The van der Waals surface area contributed by atoms with Crippen molar-refractivity contribution in [1.29, 1.82) is 0 Å². The highest BCUT2D eigenvalue weighted by Crippen LogP contribution is 2.24. The first-order valence-electron chi connectivity index (χ1n) is 4.50. The first kappa shape index (κ1) is 9.47. The van der Waals surface area contributed by atoms with E-state index in [2.05, 4.69) is 59.3 Å². The van der Waals surface area contributed by atoms with E-state index < -0.39 is 0 Å². The van der Waals surface area contributed by atoms with Crippen LogP contribution in [0.15, 0.2) is 46.9 Å². The van der Waals surface area contributed by atoms with Crippen molar-refractivity contribution in [3.63, 3.8) is 0 Å². The Hall–Kier alpha value is -1.08. The van der Waals surface area contributed by atoms with Gasteiger partial charge in [-0.1, -0.05) is 46.3 Å². The third kappa shape index (κ3) is 1.88. The molecule has 0 saturated carbocycles. The van der Waals surface area contributed by atoms with E-state index in [-0.39, 0.29) is 0 Å². The number of hydrogen-bond acceptors (Lipinski definition) is 0. The minimum Gasteiger partial charge on any atom is -0.0537 e. The third-order valence-corrected chi connectivity index (χ3v) is 2.75. The van der Waals surface area contributed by atoms with Crippen LogP contribution in [0.3, 0.4) is 0 Å². The van der Waals surface area contributed by atoms with Crippen molar-refractivity contribution in [2.75, 3.05) is 0 Å². The molecule has 1 radical (unpaired) electrons. The van der Waals surface area contributed by atoms with Crippen LogP contribution in [0.25, 0.3) is 11.1 Å². The summed E-state index contributed by atoms with van der Waals surface area (Å²) >= 11 is 3.43. The van der Waals surface area contributed by atoms with Gasteiger partial charge in [-0.3, -0.25) is 0 Å². The maximum atomic E-state index is 3.43. The first-order chi connectivity index (χ1) is 6.77. The van der Waals surface area contributed by atoms with Gasteiger partial charge in [0.1, 0.15) is 0 Å². The molecule has 2 aromatic carbocycles. The molecule has 0 unspecified atom stereocenters. The van der Waals surface area contributed by atoms with E-state index in [1.54, 1.807) is 0 Å². The molecule has 0 aliphatic rings. The number of halogens is 1. The van der Waals surface area contributed by atoms with Gasteiger partial charge in [-0.05, 0) is 41.8 Å². The number of hydrogen-bond donors (Lipinski definition) is 0. The van der Waals surface area contributed by atoms with Crippen LogP contribution in [0, 0.1) is 13.0 Å². The maximum Gasteiger partial charge on any atom is 0.0175 e. The lowest BCUT2D eigenvalue weighted by molar-refractivity contribution is 1.45. The second kappa shape index (κ2) is 3.97. The van der Waals surface area contributed by atoms with Gasteiger partial charge in [0.2, 0.25) is 0 Å². The average Bonchev–Trinajstić information content (AvgIpc) is 2.20. The van der Waals surface area contributed by atoms with Gasteiger partial charge in [-0.15, -0.1) is 0 Å². The molecule has 0 aliphatic carbocycles. The van der Waals surface area contributed by atoms with Crippen molar-refractivity contribution in [3.05, 3.63) is 58.6 Å². The zero-order valence-corrected chi connectivity index (χ0v) is 9.51. The Morgan fingerprint density at radius 1 is 1.07 bits per heavy atom. The van der Waals surface area contributed by atoms with Crippen LogP contribution >= 0.6 is 15.9 Å². The molecule has 2 rings (SSSR count). The highest BCUT2D eigenvalue weighted by molar-refractivity contribution is 9.10. The van der Waals surface area contributed by atoms with E-state index in [0.29, 0.717) is 0 Å². The predicted molar refractivity (Wildman–Crippen MR) is 63.2 cm³/mol. The molecule has 1 heteroatoms. The fraction of sp³-hybridized carbons (Fsp3) is 0.0769. The van der Waals surface area contributed by atoms with E-state index in [0.717, 1.165) is 4.47 Å². The Labute approximate surface area is 92.7 Å². The van der Waals surface area contributed by atoms with Crippen LogP contribution in [0.2, 0.25) is 0 Å². The van der Waals surface area contributed by atoms with Crippen molar-refractivity contribution in [1.82, 2.24) is 0 Å². The first-order valence-corrected chi connectivity index (χ1v) is 5.29. The lowest BCUT2D eigenvalue weighted by atomic mass is 10.0. The SMILES string of the molecule is Cc1c[c]ccc1-c1ccc(Br)cc1. The average molecular weight is 246 g/mol. The minimum atomic E-state index is 1.11. The topological polar surface area (TPSA) is 0 Å². The summed E-state index contributed by atoms with van der Waals surface area (Å²) in [5.41, 5.74) is 3.78. The fourth-order valence-electron chi connectivity index (χ4n) is 1.47. The van der Waals surface area contributed by atoms with Gasteiger partial charge in [0.05, 0.1) is 0 Å². The molecule has 0 amide bonds. The lowest BCUT2D eigenvalue weighted by Gasteiger charge is -2.04. The molecule has 14 heavy (non-hydrogen) atoms. The molecular weight excluding hydrogens is 236 g/mol. The van der Waals surface area contributed by atoms with Crippen LogP contribution in [0.5, 0.6) is 0 Å². The highest BCUT2D eigenvalue weighted by Gasteiger charge is 1.99. The Morgan fingerprint density at radius 3 is 2.43 bits per heavy atom. The smallest absolute Gasteiger partial charge is 0.0175 e. The molecule has 69 valence electrons. The Morgan fingerprint density at radius 2 is 1.79 bits per heavy atom. The Balaban J connectivity index is 2.50. The monoisotopic (exact) mass is 245 g/mol. The number of rotatable bonds is 1. The summed E-state index contributed by atoms with van der Waals surface area (Å²) in [5, 5.41) is 0. The van der Waals surface area contributed by atoms with Gasteiger partial charge in [0.25, 0.3) is 0 Å². The standard InChI is InChI=1S/C13H10Br/c1-10-4-2-3-5-13(10)11-6-8-12(14)9-7-11/h3-9H,1H3. The fourth-order valence-corrected chi connectivity index (χ4v) is 1.73. The molecule has 0 aliphatic heterocycles. The highest BCUT2D eigenvalue weighted by atomic mass is 79.9. The van der Waals surface area contributed by atoms with E-state index in [1.165, 1.54) is 16.7 Å². The van der Waals surface area contributed by atoms with Gasteiger partial charge >= 0.3 is 0 Å². The van der Waals surface area contributed by atoms with Crippen LogP contribution in [-0.2, 0) is 0 Å². The Bertz CT molecular complexity index is 429.